The summed E-state index contributed by atoms with van der Waals surface area (Å²) in [7, 11) is 1.85. The van der Waals surface area contributed by atoms with Gasteiger partial charge in [0, 0.05) is 47.6 Å². The Labute approximate surface area is 115 Å². The number of halogens is 1. The zero-order valence-electron chi connectivity index (χ0n) is 10.5. The molecular weight excluding hydrogens is 266 g/mol. The van der Waals surface area contributed by atoms with E-state index in [1.807, 2.05) is 23.7 Å². The largest absolute Gasteiger partial charge is 0.481 e. The number of carboxylic acids is 1. The highest BCUT2D eigenvalue weighted by Crippen LogP contribution is 2.25. The highest BCUT2D eigenvalue weighted by molar-refractivity contribution is 6.31. The van der Waals surface area contributed by atoms with E-state index >= 15 is 0 Å². The van der Waals surface area contributed by atoms with Gasteiger partial charge in [-0.05, 0) is 18.6 Å². The van der Waals surface area contributed by atoms with Crippen LogP contribution in [-0.2, 0) is 11.8 Å². The molecule has 0 radical (unpaired) electrons. The second-order valence-electron chi connectivity index (χ2n) is 4.49. The number of benzene rings is 1. The van der Waals surface area contributed by atoms with E-state index in [-0.39, 0.29) is 18.6 Å². The van der Waals surface area contributed by atoms with Crippen molar-refractivity contribution in [2.45, 2.75) is 19.3 Å². The van der Waals surface area contributed by atoms with E-state index in [1.54, 1.807) is 12.3 Å². The van der Waals surface area contributed by atoms with Crippen LogP contribution in [0.3, 0.4) is 0 Å². The topological polar surface area (TPSA) is 59.3 Å². The van der Waals surface area contributed by atoms with E-state index < -0.39 is 5.97 Å². The lowest BCUT2D eigenvalue weighted by Gasteiger charge is -1.98. The lowest BCUT2D eigenvalue weighted by atomic mass is 10.0. The molecule has 100 valence electrons. The molecule has 1 heterocycles. The summed E-state index contributed by atoms with van der Waals surface area (Å²) < 4.78 is 1.85. The standard InChI is InChI=1S/C14H14ClNO3/c1-16-8-11(13(17)3-2-4-14(18)19)10-6-5-9(15)7-12(10)16/h5-8H,2-4H2,1H3,(H,18,19). The third-order valence-corrected chi connectivity index (χ3v) is 3.28. The fourth-order valence-electron chi connectivity index (χ4n) is 2.11. The number of carbonyl (C=O) groups is 2. The molecule has 19 heavy (non-hydrogen) atoms. The van der Waals surface area contributed by atoms with Gasteiger partial charge in [0.15, 0.2) is 5.78 Å². The summed E-state index contributed by atoms with van der Waals surface area (Å²) in [6, 6.07) is 5.38. The fraction of sp³-hybridized carbons (Fsp3) is 0.286. The van der Waals surface area contributed by atoms with Crippen molar-refractivity contribution in [3.05, 3.63) is 35.0 Å². The summed E-state index contributed by atoms with van der Waals surface area (Å²) in [5.74, 6) is -0.910. The van der Waals surface area contributed by atoms with Crippen LogP contribution in [0.15, 0.2) is 24.4 Å². The fourth-order valence-corrected chi connectivity index (χ4v) is 2.28. The zero-order chi connectivity index (χ0) is 14.0. The van der Waals surface area contributed by atoms with Gasteiger partial charge in [0.2, 0.25) is 0 Å². The average Bonchev–Trinajstić information content (AvgIpc) is 2.66. The molecule has 4 nitrogen and oxygen atoms in total. The van der Waals surface area contributed by atoms with Gasteiger partial charge in [0.25, 0.3) is 0 Å². The summed E-state index contributed by atoms with van der Waals surface area (Å²) in [5, 5.41) is 10.1. The van der Waals surface area contributed by atoms with E-state index in [0.29, 0.717) is 17.0 Å². The number of rotatable bonds is 5. The number of aromatic nitrogens is 1. The Morgan fingerprint density at radius 1 is 1.32 bits per heavy atom. The van der Waals surface area contributed by atoms with Gasteiger partial charge in [0.05, 0.1) is 0 Å². The van der Waals surface area contributed by atoms with Crippen LogP contribution < -0.4 is 0 Å². The highest BCUT2D eigenvalue weighted by atomic mass is 35.5. The molecular formula is C14H14ClNO3. The summed E-state index contributed by atoms with van der Waals surface area (Å²) in [5.41, 5.74) is 1.52. The predicted octanol–water partition coefficient (Wildman–Crippen LogP) is 3.27. The third kappa shape index (κ3) is 2.96. The monoisotopic (exact) mass is 279 g/mol. The number of fused-ring (bicyclic) bond motifs is 1. The van der Waals surface area contributed by atoms with Crippen LogP contribution >= 0.6 is 11.6 Å². The second-order valence-corrected chi connectivity index (χ2v) is 4.92. The quantitative estimate of drug-likeness (QED) is 0.855. The molecule has 0 aliphatic rings. The van der Waals surface area contributed by atoms with Gasteiger partial charge in [-0.1, -0.05) is 17.7 Å². The number of hydrogen-bond donors (Lipinski definition) is 1. The third-order valence-electron chi connectivity index (χ3n) is 3.05. The first kappa shape index (κ1) is 13.6. The van der Waals surface area contributed by atoms with Gasteiger partial charge in [-0.25, -0.2) is 0 Å². The molecule has 1 N–H and O–H groups in total. The molecule has 0 unspecified atom stereocenters. The molecule has 0 spiro atoms. The normalized spacial score (nSPS) is 10.8. The number of aryl methyl sites for hydroxylation is 1. The molecule has 0 saturated heterocycles. The molecule has 1 aromatic carbocycles. The SMILES string of the molecule is Cn1cc(C(=O)CCCC(=O)O)c2ccc(Cl)cc21. The van der Waals surface area contributed by atoms with E-state index in [4.69, 9.17) is 16.7 Å². The Balaban J connectivity index is 2.25. The van der Waals surface area contributed by atoms with Crippen LogP contribution in [0.4, 0.5) is 0 Å². The lowest BCUT2D eigenvalue weighted by Crippen LogP contribution is -2.01. The Hall–Kier alpha value is -1.81. The van der Waals surface area contributed by atoms with Crippen LogP contribution in [0.5, 0.6) is 0 Å². The van der Waals surface area contributed by atoms with Crippen molar-refractivity contribution in [1.29, 1.82) is 0 Å². The molecule has 0 aliphatic heterocycles. The number of aliphatic carboxylic acids is 1. The van der Waals surface area contributed by atoms with E-state index in [9.17, 15) is 9.59 Å². The van der Waals surface area contributed by atoms with Gasteiger partial charge >= 0.3 is 5.97 Å². The van der Waals surface area contributed by atoms with Crippen LogP contribution in [0.1, 0.15) is 29.6 Å². The van der Waals surface area contributed by atoms with Crippen molar-refractivity contribution < 1.29 is 14.7 Å². The number of carbonyl (C=O) groups excluding carboxylic acids is 1. The minimum Gasteiger partial charge on any atom is -0.481 e. The van der Waals surface area contributed by atoms with Gasteiger partial charge in [-0.15, -0.1) is 0 Å². The van der Waals surface area contributed by atoms with Crippen LogP contribution in [0.2, 0.25) is 5.02 Å². The molecule has 2 aromatic rings. The van der Waals surface area contributed by atoms with E-state index in [1.165, 1.54) is 0 Å². The smallest absolute Gasteiger partial charge is 0.303 e. The molecule has 1 aromatic heterocycles. The van der Waals surface area contributed by atoms with Gasteiger partial charge < -0.3 is 9.67 Å². The minimum atomic E-state index is -0.877. The maximum Gasteiger partial charge on any atom is 0.303 e. The molecule has 0 atom stereocenters. The highest BCUT2D eigenvalue weighted by Gasteiger charge is 2.14. The Morgan fingerprint density at radius 3 is 2.74 bits per heavy atom. The molecule has 0 amide bonds. The number of ketones is 1. The Kier molecular flexibility index (Phi) is 3.90. The van der Waals surface area contributed by atoms with E-state index in [0.717, 1.165) is 10.9 Å². The predicted molar refractivity (Wildman–Crippen MR) is 73.7 cm³/mol. The van der Waals surface area contributed by atoms with Crippen molar-refractivity contribution in [3.8, 4) is 0 Å². The zero-order valence-corrected chi connectivity index (χ0v) is 11.3. The average molecular weight is 280 g/mol. The summed E-state index contributed by atoms with van der Waals surface area (Å²) >= 11 is 5.93. The first-order valence-electron chi connectivity index (χ1n) is 5.98. The summed E-state index contributed by atoms with van der Waals surface area (Å²) in [6.07, 6.45) is 2.39. The van der Waals surface area contributed by atoms with Gasteiger partial charge in [0.1, 0.15) is 0 Å². The lowest BCUT2D eigenvalue weighted by molar-refractivity contribution is -0.137. The Morgan fingerprint density at radius 2 is 2.05 bits per heavy atom. The van der Waals surface area contributed by atoms with Gasteiger partial charge in [-0.3, -0.25) is 9.59 Å². The number of nitrogens with zero attached hydrogens (tertiary/aromatic N) is 1. The first-order valence-corrected chi connectivity index (χ1v) is 6.36. The number of carboxylic acid groups (broad SMARTS) is 1. The Bertz CT molecular complexity index is 645. The molecule has 0 aliphatic carbocycles. The molecule has 0 fully saturated rings. The minimum absolute atomic E-state index is 0.0162. The second kappa shape index (κ2) is 5.45. The van der Waals surface area contributed by atoms with Crippen molar-refractivity contribution in [2.75, 3.05) is 0 Å². The maximum atomic E-state index is 12.1. The van der Waals surface area contributed by atoms with Crippen LogP contribution in [-0.4, -0.2) is 21.4 Å². The maximum absolute atomic E-state index is 12.1. The molecule has 0 saturated carbocycles. The summed E-state index contributed by atoms with van der Waals surface area (Å²) in [4.78, 5) is 22.5. The van der Waals surface area contributed by atoms with Crippen molar-refractivity contribution in [1.82, 2.24) is 4.57 Å². The summed E-state index contributed by atoms with van der Waals surface area (Å²) in [6.45, 7) is 0. The number of hydrogen-bond acceptors (Lipinski definition) is 2. The van der Waals surface area contributed by atoms with Crippen molar-refractivity contribution in [3.63, 3.8) is 0 Å². The van der Waals surface area contributed by atoms with Crippen LogP contribution in [0, 0.1) is 0 Å². The molecule has 0 bridgehead atoms. The van der Waals surface area contributed by atoms with Gasteiger partial charge in [-0.2, -0.15) is 0 Å². The molecule has 2 rings (SSSR count). The van der Waals surface area contributed by atoms with Crippen LogP contribution in [0.25, 0.3) is 10.9 Å². The van der Waals surface area contributed by atoms with Crippen molar-refractivity contribution >= 4 is 34.3 Å². The van der Waals surface area contributed by atoms with Crippen molar-refractivity contribution in [2.24, 2.45) is 7.05 Å². The number of Topliss-reactive ketones (excluding diaryl/α,β-unsaturated/α-hetero) is 1. The van der Waals surface area contributed by atoms with E-state index in [2.05, 4.69) is 0 Å². The first-order chi connectivity index (χ1) is 8.99. The molecule has 5 heteroatoms.